The second-order valence-electron chi connectivity index (χ2n) is 6.41. The maximum Gasteiger partial charge on any atom is 0.0673 e. The van der Waals surface area contributed by atoms with Crippen molar-refractivity contribution in [2.75, 3.05) is 0 Å². The zero-order valence-corrected chi connectivity index (χ0v) is 8.34. The van der Waals surface area contributed by atoms with Gasteiger partial charge in [-0.1, -0.05) is 6.92 Å². The van der Waals surface area contributed by atoms with Crippen molar-refractivity contribution in [1.29, 1.82) is 0 Å². The van der Waals surface area contributed by atoms with Gasteiger partial charge in [-0.2, -0.15) is 0 Å². The van der Waals surface area contributed by atoms with E-state index in [4.69, 9.17) is 5.73 Å². The molecule has 2 nitrogen and oxygen atoms in total. The molecule has 74 valence electrons. The van der Waals surface area contributed by atoms with Crippen LogP contribution in [0, 0.1) is 11.3 Å². The van der Waals surface area contributed by atoms with Gasteiger partial charge in [-0.25, -0.2) is 0 Å². The number of aliphatic hydroxyl groups is 1. The Bertz CT molecular complexity index is 212. The minimum Gasteiger partial charge on any atom is -0.390 e. The fraction of sp³-hybridized carbons (Fsp3) is 1.00. The molecule has 0 aromatic carbocycles. The molecule has 0 saturated heterocycles. The molecule has 0 aromatic rings. The minimum absolute atomic E-state index is 0.0249. The zero-order chi connectivity index (χ0) is 9.32. The van der Waals surface area contributed by atoms with Crippen LogP contribution in [0.25, 0.3) is 0 Å². The maximum absolute atomic E-state index is 10.4. The normalized spacial score (nSPS) is 64.4. The Kier molecular flexibility index (Phi) is 1.24. The van der Waals surface area contributed by atoms with E-state index in [2.05, 4.69) is 6.92 Å². The zero-order valence-electron chi connectivity index (χ0n) is 8.34. The fourth-order valence-corrected chi connectivity index (χ4v) is 4.95. The van der Waals surface area contributed by atoms with Crippen molar-refractivity contribution in [3.8, 4) is 0 Å². The number of hydrogen-bond acceptors (Lipinski definition) is 2. The molecule has 2 heteroatoms. The Balaban J connectivity index is 2.03. The Hall–Kier alpha value is -0.0800. The minimum atomic E-state index is -0.400. The monoisotopic (exact) mass is 181 g/mol. The number of nitrogens with two attached hydrogens (primary N) is 1. The van der Waals surface area contributed by atoms with Gasteiger partial charge in [0.15, 0.2) is 0 Å². The topological polar surface area (TPSA) is 46.2 Å². The molecule has 4 unspecified atom stereocenters. The smallest absolute Gasteiger partial charge is 0.0673 e. The SMILES string of the molecule is CC12CC3CC(N)(C1)CC(O)(C3)C2. The summed E-state index contributed by atoms with van der Waals surface area (Å²) in [6.07, 6.45) is 6.46. The van der Waals surface area contributed by atoms with Crippen molar-refractivity contribution in [3.63, 3.8) is 0 Å². The molecule has 4 atom stereocenters. The van der Waals surface area contributed by atoms with Crippen LogP contribution in [-0.4, -0.2) is 16.2 Å². The standard InChI is InChI=1S/C11H19NO/c1-9-2-8-3-10(12,5-9)7-11(13,4-8)6-9/h8,13H,2-7,12H2,1H3. The third-order valence-electron chi connectivity index (χ3n) is 4.36. The second-order valence-corrected chi connectivity index (χ2v) is 6.41. The van der Waals surface area contributed by atoms with Crippen LogP contribution in [0.5, 0.6) is 0 Å². The highest BCUT2D eigenvalue weighted by atomic mass is 16.3. The van der Waals surface area contributed by atoms with Crippen LogP contribution in [0.4, 0.5) is 0 Å². The highest BCUT2D eigenvalue weighted by Gasteiger charge is 2.59. The average Bonchev–Trinajstić information content (AvgIpc) is 1.71. The third-order valence-corrected chi connectivity index (χ3v) is 4.36. The van der Waals surface area contributed by atoms with Gasteiger partial charge in [0.05, 0.1) is 5.60 Å². The molecule has 0 amide bonds. The van der Waals surface area contributed by atoms with E-state index in [-0.39, 0.29) is 5.54 Å². The predicted molar refractivity (Wildman–Crippen MR) is 51.2 cm³/mol. The molecule has 4 bridgehead atoms. The summed E-state index contributed by atoms with van der Waals surface area (Å²) in [6.45, 7) is 2.31. The Morgan fingerprint density at radius 3 is 2.46 bits per heavy atom. The lowest BCUT2D eigenvalue weighted by Crippen LogP contribution is -2.65. The first-order valence-electron chi connectivity index (χ1n) is 5.42. The molecular formula is C11H19NO. The van der Waals surface area contributed by atoms with E-state index in [1.807, 2.05) is 0 Å². The lowest BCUT2D eigenvalue weighted by molar-refractivity contribution is -0.165. The molecule has 4 rings (SSSR count). The molecule has 0 radical (unpaired) electrons. The number of hydrogen-bond donors (Lipinski definition) is 2. The van der Waals surface area contributed by atoms with Crippen LogP contribution in [0.15, 0.2) is 0 Å². The summed E-state index contributed by atoms with van der Waals surface area (Å²) >= 11 is 0. The summed E-state index contributed by atoms with van der Waals surface area (Å²) in [4.78, 5) is 0. The van der Waals surface area contributed by atoms with Crippen LogP contribution < -0.4 is 5.73 Å². The highest BCUT2D eigenvalue weighted by Crippen LogP contribution is 2.61. The van der Waals surface area contributed by atoms with Crippen LogP contribution >= 0.6 is 0 Å². The van der Waals surface area contributed by atoms with E-state index in [1.54, 1.807) is 0 Å². The Morgan fingerprint density at radius 1 is 1.15 bits per heavy atom. The first-order chi connectivity index (χ1) is 5.91. The first-order valence-corrected chi connectivity index (χ1v) is 5.42. The van der Waals surface area contributed by atoms with E-state index < -0.39 is 5.60 Å². The van der Waals surface area contributed by atoms with Gasteiger partial charge in [-0.3, -0.25) is 0 Å². The molecule has 4 saturated carbocycles. The van der Waals surface area contributed by atoms with Crippen LogP contribution in [-0.2, 0) is 0 Å². The van der Waals surface area contributed by atoms with Crippen molar-refractivity contribution >= 4 is 0 Å². The summed E-state index contributed by atoms with van der Waals surface area (Å²) in [7, 11) is 0. The van der Waals surface area contributed by atoms with Crippen LogP contribution in [0.1, 0.15) is 45.4 Å². The van der Waals surface area contributed by atoms with Crippen molar-refractivity contribution in [2.45, 2.75) is 56.6 Å². The van der Waals surface area contributed by atoms with Gasteiger partial charge in [-0.15, -0.1) is 0 Å². The summed E-state index contributed by atoms with van der Waals surface area (Å²) < 4.78 is 0. The Labute approximate surface area is 79.5 Å². The van der Waals surface area contributed by atoms with Crippen molar-refractivity contribution in [3.05, 3.63) is 0 Å². The second kappa shape index (κ2) is 1.96. The van der Waals surface area contributed by atoms with E-state index in [9.17, 15) is 5.11 Å². The molecule has 0 spiro atoms. The first kappa shape index (κ1) is 8.25. The van der Waals surface area contributed by atoms with Crippen molar-refractivity contribution < 1.29 is 5.11 Å². The summed E-state index contributed by atoms with van der Waals surface area (Å²) in [6, 6.07) is 0. The van der Waals surface area contributed by atoms with E-state index in [0.29, 0.717) is 11.3 Å². The Morgan fingerprint density at radius 2 is 1.92 bits per heavy atom. The predicted octanol–water partition coefficient (Wildman–Crippen LogP) is 1.42. The quantitative estimate of drug-likeness (QED) is 0.593. The summed E-state index contributed by atoms with van der Waals surface area (Å²) in [5.74, 6) is 0.705. The lowest BCUT2D eigenvalue weighted by atomic mass is 9.46. The molecule has 4 aliphatic rings. The van der Waals surface area contributed by atoms with Gasteiger partial charge in [0.1, 0.15) is 0 Å². The van der Waals surface area contributed by atoms with Crippen molar-refractivity contribution in [1.82, 2.24) is 0 Å². The van der Waals surface area contributed by atoms with Crippen LogP contribution in [0.2, 0.25) is 0 Å². The van der Waals surface area contributed by atoms with Gasteiger partial charge in [0.2, 0.25) is 0 Å². The largest absolute Gasteiger partial charge is 0.390 e. The molecule has 13 heavy (non-hydrogen) atoms. The van der Waals surface area contributed by atoms with E-state index in [1.165, 1.54) is 6.42 Å². The fourth-order valence-electron chi connectivity index (χ4n) is 4.95. The molecule has 4 fully saturated rings. The molecule has 3 N–H and O–H groups in total. The van der Waals surface area contributed by atoms with Crippen molar-refractivity contribution in [2.24, 2.45) is 17.1 Å². The molecule has 4 aliphatic carbocycles. The number of rotatable bonds is 0. The highest BCUT2D eigenvalue weighted by molar-refractivity contribution is 5.14. The van der Waals surface area contributed by atoms with Gasteiger partial charge in [0.25, 0.3) is 0 Å². The van der Waals surface area contributed by atoms with E-state index in [0.717, 1.165) is 32.1 Å². The van der Waals surface area contributed by atoms with Gasteiger partial charge < -0.3 is 10.8 Å². The van der Waals surface area contributed by atoms with E-state index >= 15 is 0 Å². The third kappa shape index (κ3) is 1.08. The summed E-state index contributed by atoms with van der Waals surface area (Å²) in [5.41, 5.74) is 6.26. The summed E-state index contributed by atoms with van der Waals surface area (Å²) in [5, 5.41) is 10.4. The molecular weight excluding hydrogens is 162 g/mol. The molecule has 0 heterocycles. The average molecular weight is 181 g/mol. The molecule has 0 aromatic heterocycles. The van der Waals surface area contributed by atoms with Gasteiger partial charge in [0, 0.05) is 5.54 Å². The molecule has 0 aliphatic heterocycles. The lowest BCUT2D eigenvalue weighted by Gasteiger charge is -2.63. The van der Waals surface area contributed by atoms with Gasteiger partial charge >= 0.3 is 0 Å². The van der Waals surface area contributed by atoms with Crippen LogP contribution in [0.3, 0.4) is 0 Å². The maximum atomic E-state index is 10.4. The van der Waals surface area contributed by atoms with Gasteiger partial charge in [-0.05, 0) is 49.9 Å².